The largest absolute Gasteiger partial charge is 0.309 e. The van der Waals surface area contributed by atoms with E-state index in [9.17, 15) is 0 Å². The van der Waals surface area contributed by atoms with Gasteiger partial charge in [0.15, 0.2) is 0 Å². The van der Waals surface area contributed by atoms with Gasteiger partial charge in [-0.15, -0.1) is 0 Å². The Hall–Kier alpha value is -0.860. The van der Waals surface area contributed by atoms with Gasteiger partial charge in [-0.2, -0.15) is 0 Å². The summed E-state index contributed by atoms with van der Waals surface area (Å²) >= 11 is 0. The van der Waals surface area contributed by atoms with E-state index in [-0.39, 0.29) is 5.41 Å². The maximum atomic E-state index is 3.79. The molecule has 0 amide bonds. The normalized spacial score (nSPS) is 21.6. The zero-order chi connectivity index (χ0) is 15.3. The van der Waals surface area contributed by atoms with E-state index in [1.165, 1.54) is 37.9 Å². The zero-order valence-electron chi connectivity index (χ0n) is 14.2. The lowest BCUT2D eigenvalue weighted by Gasteiger charge is -2.39. The van der Waals surface area contributed by atoms with Crippen molar-refractivity contribution < 1.29 is 0 Å². The van der Waals surface area contributed by atoms with Gasteiger partial charge in [-0.05, 0) is 50.3 Å². The van der Waals surface area contributed by atoms with Crippen molar-refractivity contribution in [3.8, 4) is 0 Å². The Kier molecular flexibility index (Phi) is 5.83. The minimum Gasteiger partial charge on any atom is -0.309 e. The minimum absolute atomic E-state index is 0.231. The highest BCUT2D eigenvalue weighted by Crippen LogP contribution is 2.36. The lowest BCUT2D eigenvalue weighted by Crippen LogP contribution is -2.44. The molecular formula is C19H32N2. The molecular weight excluding hydrogens is 256 g/mol. The van der Waals surface area contributed by atoms with E-state index in [2.05, 4.69) is 68.2 Å². The fraction of sp³-hybridized carbons (Fsp3) is 0.684. The zero-order valence-corrected chi connectivity index (χ0v) is 14.2. The van der Waals surface area contributed by atoms with Crippen LogP contribution in [0.3, 0.4) is 0 Å². The van der Waals surface area contributed by atoms with Crippen LogP contribution in [0.2, 0.25) is 0 Å². The number of hydrogen-bond donors (Lipinski definition) is 1. The van der Waals surface area contributed by atoms with Gasteiger partial charge in [0.05, 0.1) is 0 Å². The fourth-order valence-corrected chi connectivity index (χ4v) is 3.62. The van der Waals surface area contributed by atoms with Crippen LogP contribution < -0.4 is 5.32 Å². The molecule has 2 nitrogen and oxygen atoms in total. The quantitative estimate of drug-likeness (QED) is 0.807. The molecule has 1 saturated heterocycles. The Labute approximate surface area is 130 Å². The molecule has 1 aromatic rings. The molecule has 2 rings (SSSR count). The monoisotopic (exact) mass is 288 g/mol. The maximum absolute atomic E-state index is 3.79. The summed E-state index contributed by atoms with van der Waals surface area (Å²) in [5.74, 6) is 0. The Morgan fingerprint density at radius 1 is 1.29 bits per heavy atom. The summed E-state index contributed by atoms with van der Waals surface area (Å²) in [5.41, 5.74) is 1.65. The molecule has 2 atom stereocenters. The molecule has 21 heavy (non-hydrogen) atoms. The smallest absolute Gasteiger partial charge is 0.0384 e. The van der Waals surface area contributed by atoms with Crippen LogP contribution in [0.4, 0.5) is 0 Å². The SMILES string of the molecule is CCCNC(c1ccccc1)C(C)(C)CN1CCCC1C. The van der Waals surface area contributed by atoms with Gasteiger partial charge in [0, 0.05) is 18.6 Å². The second-order valence-corrected chi connectivity index (χ2v) is 7.25. The van der Waals surface area contributed by atoms with Crippen molar-refractivity contribution in [2.24, 2.45) is 5.41 Å². The number of nitrogens with one attached hydrogen (secondary N) is 1. The Morgan fingerprint density at radius 3 is 2.57 bits per heavy atom. The molecule has 0 saturated carbocycles. The fourth-order valence-electron chi connectivity index (χ4n) is 3.62. The van der Waals surface area contributed by atoms with Crippen molar-refractivity contribution >= 4 is 0 Å². The molecule has 1 heterocycles. The number of nitrogens with zero attached hydrogens (tertiary/aromatic N) is 1. The van der Waals surface area contributed by atoms with Crippen molar-refractivity contribution in [1.29, 1.82) is 0 Å². The van der Waals surface area contributed by atoms with E-state index in [4.69, 9.17) is 0 Å². The van der Waals surface area contributed by atoms with Crippen molar-refractivity contribution in [3.63, 3.8) is 0 Å². The first kappa shape index (κ1) is 16.5. The van der Waals surface area contributed by atoms with E-state index >= 15 is 0 Å². The molecule has 0 radical (unpaired) electrons. The van der Waals surface area contributed by atoms with Crippen LogP contribution in [0.15, 0.2) is 30.3 Å². The predicted octanol–water partition coefficient (Wildman–Crippen LogP) is 4.24. The molecule has 118 valence electrons. The van der Waals surface area contributed by atoms with Crippen LogP contribution >= 0.6 is 0 Å². The molecule has 1 aliphatic heterocycles. The molecule has 0 bridgehead atoms. The van der Waals surface area contributed by atoms with E-state index in [1.807, 2.05) is 0 Å². The summed E-state index contributed by atoms with van der Waals surface area (Å²) < 4.78 is 0. The standard InChI is InChI=1S/C19H32N2/c1-5-13-20-18(17-11-7-6-8-12-17)19(3,4)15-21-14-9-10-16(21)2/h6-8,11-12,16,18,20H,5,9-10,13-15H2,1-4H3. The lowest BCUT2D eigenvalue weighted by atomic mass is 9.79. The van der Waals surface area contributed by atoms with Crippen molar-refractivity contribution in [2.45, 2.75) is 59.0 Å². The van der Waals surface area contributed by atoms with Gasteiger partial charge in [-0.25, -0.2) is 0 Å². The highest BCUT2D eigenvalue weighted by atomic mass is 15.2. The maximum Gasteiger partial charge on any atom is 0.0384 e. The van der Waals surface area contributed by atoms with Gasteiger partial charge < -0.3 is 10.2 Å². The third kappa shape index (κ3) is 4.31. The summed E-state index contributed by atoms with van der Waals surface area (Å²) in [6.07, 6.45) is 3.89. The van der Waals surface area contributed by atoms with Crippen LogP contribution in [0.5, 0.6) is 0 Å². The topological polar surface area (TPSA) is 15.3 Å². The molecule has 1 N–H and O–H groups in total. The van der Waals surface area contributed by atoms with Gasteiger partial charge in [0.25, 0.3) is 0 Å². The first-order valence-corrected chi connectivity index (χ1v) is 8.57. The van der Waals surface area contributed by atoms with Crippen LogP contribution in [-0.4, -0.2) is 30.6 Å². The minimum atomic E-state index is 0.231. The van der Waals surface area contributed by atoms with Crippen molar-refractivity contribution in [3.05, 3.63) is 35.9 Å². The summed E-state index contributed by atoms with van der Waals surface area (Å²) in [7, 11) is 0. The third-order valence-corrected chi connectivity index (χ3v) is 4.81. The van der Waals surface area contributed by atoms with Gasteiger partial charge >= 0.3 is 0 Å². The van der Waals surface area contributed by atoms with Gasteiger partial charge in [-0.3, -0.25) is 0 Å². The molecule has 0 aliphatic carbocycles. The number of benzene rings is 1. The van der Waals surface area contributed by atoms with E-state index in [0.29, 0.717) is 6.04 Å². The first-order valence-electron chi connectivity index (χ1n) is 8.57. The van der Waals surface area contributed by atoms with Gasteiger partial charge in [-0.1, -0.05) is 51.1 Å². The van der Waals surface area contributed by atoms with Crippen molar-refractivity contribution in [1.82, 2.24) is 10.2 Å². The molecule has 1 aliphatic rings. The van der Waals surface area contributed by atoms with Gasteiger partial charge in [0.1, 0.15) is 0 Å². The average molecular weight is 288 g/mol. The summed E-state index contributed by atoms with van der Waals surface area (Å²) in [6, 6.07) is 12.1. The molecule has 1 fully saturated rings. The molecule has 0 aromatic heterocycles. The Bertz CT molecular complexity index is 413. The second-order valence-electron chi connectivity index (χ2n) is 7.25. The van der Waals surface area contributed by atoms with Crippen LogP contribution in [0.25, 0.3) is 0 Å². The average Bonchev–Trinajstić information content (AvgIpc) is 2.85. The first-order chi connectivity index (χ1) is 10.0. The van der Waals surface area contributed by atoms with Crippen LogP contribution in [0, 0.1) is 5.41 Å². The van der Waals surface area contributed by atoms with Crippen LogP contribution in [-0.2, 0) is 0 Å². The Morgan fingerprint density at radius 2 is 2.00 bits per heavy atom. The van der Waals surface area contributed by atoms with E-state index in [1.54, 1.807) is 0 Å². The Balaban J connectivity index is 2.13. The van der Waals surface area contributed by atoms with Crippen molar-refractivity contribution in [2.75, 3.05) is 19.6 Å². The van der Waals surface area contributed by atoms with Crippen LogP contribution in [0.1, 0.15) is 58.6 Å². The lowest BCUT2D eigenvalue weighted by molar-refractivity contribution is 0.132. The second kappa shape index (κ2) is 7.42. The van der Waals surface area contributed by atoms with E-state index < -0.39 is 0 Å². The molecule has 0 spiro atoms. The number of rotatable bonds is 7. The predicted molar refractivity (Wildman–Crippen MR) is 91.5 cm³/mol. The summed E-state index contributed by atoms with van der Waals surface area (Å²) in [6.45, 7) is 13.0. The highest BCUT2D eigenvalue weighted by molar-refractivity contribution is 5.21. The number of likely N-dealkylation sites (tertiary alicyclic amines) is 1. The summed E-state index contributed by atoms with van der Waals surface area (Å²) in [5, 5.41) is 3.79. The number of hydrogen-bond acceptors (Lipinski definition) is 2. The molecule has 2 heteroatoms. The van der Waals surface area contributed by atoms with Gasteiger partial charge in [0.2, 0.25) is 0 Å². The van der Waals surface area contributed by atoms with E-state index in [0.717, 1.165) is 12.6 Å². The third-order valence-electron chi connectivity index (χ3n) is 4.81. The highest BCUT2D eigenvalue weighted by Gasteiger charge is 2.34. The molecule has 2 unspecified atom stereocenters. The summed E-state index contributed by atoms with van der Waals surface area (Å²) in [4.78, 5) is 2.67. The molecule has 1 aromatic carbocycles.